The summed E-state index contributed by atoms with van der Waals surface area (Å²) in [5.41, 5.74) is -3.79. The van der Waals surface area contributed by atoms with Crippen LogP contribution in [0.3, 0.4) is 0 Å². The predicted molar refractivity (Wildman–Crippen MR) is 62.5 cm³/mol. The van der Waals surface area contributed by atoms with Crippen LogP contribution in [-0.4, -0.2) is 5.51 Å². The molecule has 0 aliphatic carbocycles. The van der Waals surface area contributed by atoms with Gasteiger partial charge in [-0.2, -0.15) is 13.2 Å². The van der Waals surface area contributed by atoms with Gasteiger partial charge in [0.2, 0.25) is 0 Å². The second kappa shape index (κ2) is 3.70. The van der Waals surface area contributed by atoms with Crippen molar-refractivity contribution < 1.29 is 13.2 Å². The number of alkyl halides is 3. The van der Waals surface area contributed by atoms with E-state index in [-0.39, 0.29) is 4.90 Å². The van der Waals surface area contributed by atoms with Gasteiger partial charge in [0.15, 0.2) is 0 Å². The van der Waals surface area contributed by atoms with Crippen LogP contribution in [0.15, 0.2) is 34.1 Å². The molecule has 1 unspecified atom stereocenters. The van der Waals surface area contributed by atoms with E-state index < -0.39 is 14.7 Å². The molecule has 0 aromatic heterocycles. The van der Waals surface area contributed by atoms with E-state index in [2.05, 4.69) is 0 Å². The Hall–Kier alpha value is -0.610. The second-order valence-electron chi connectivity index (χ2n) is 3.49. The molecule has 0 bridgehead atoms. The minimum atomic E-state index is -4.39. The topological polar surface area (TPSA) is 0 Å². The fourth-order valence-corrected chi connectivity index (χ4v) is 4.94. The Morgan fingerprint density at radius 1 is 1.25 bits per heavy atom. The molecule has 2 rings (SSSR count). The van der Waals surface area contributed by atoms with Gasteiger partial charge in [-0.15, -0.1) is 0 Å². The van der Waals surface area contributed by atoms with Gasteiger partial charge in [0, 0.05) is 4.90 Å². The fraction of sp³-hybridized carbons (Fsp3) is 0.273. The highest BCUT2D eigenvalue weighted by atomic mass is 35.7. The first kappa shape index (κ1) is 11.9. The minimum Gasteiger partial charge on any atom is -0.160 e. The van der Waals surface area contributed by atoms with E-state index in [1.165, 1.54) is 6.07 Å². The summed E-state index contributed by atoms with van der Waals surface area (Å²) in [6, 6.07) is 6.47. The van der Waals surface area contributed by atoms with Crippen molar-refractivity contribution in [1.29, 1.82) is 0 Å². The molecule has 0 saturated carbocycles. The van der Waals surface area contributed by atoms with Crippen LogP contribution in [0.2, 0.25) is 0 Å². The highest BCUT2D eigenvalue weighted by molar-refractivity contribution is 8.54. The Morgan fingerprint density at radius 2 is 1.88 bits per heavy atom. The molecule has 1 atom stereocenters. The minimum absolute atomic E-state index is 0.223. The third-order valence-corrected chi connectivity index (χ3v) is 6.93. The molecule has 0 saturated heterocycles. The molecule has 0 nitrogen and oxygen atoms in total. The van der Waals surface area contributed by atoms with E-state index >= 15 is 0 Å². The molecule has 1 aliphatic heterocycles. The molecule has 5 heteroatoms. The number of rotatable bonds is 1. The van der Waals surface area contributed by atoms with Crippen molar-refractivity contribution in [3.05, 3.63) is 34.7 Å². The number of fused-ring (bicyclic) bond motifs is 1. The van der Waals surface area contributed by atoms with Gasteiger partial charge in [-0.25, -0.2) is 0 Å². The zero-order valence-electron chi connectivity index (χ0n) is 8.51. The van der Waals surface area contributed by atoms with Gasteiger partial charge < -0.3 is 0 Å². The third kappa shape index (κ3) is 1.47. The van der Waals surface area contributed by atoms with Crippen LogP contribution in [0.4, 0.5) is 13.2 Å². The van der Waals surface area contributed by atoms with Gasteiger partial charge in [-0.3, -0.25) is 0 Å². The first-order chi connectivity index (χ1) is 7.41. The lowest BCUT2D eigenvalue weighted by atomic mass is 10.2. The van der Waals surface area contributed by atoms with Crippen molar-refractivity contribution in [2.45, 2.75) is 23.7 Å². The lowest BCUT2D eigenvalue weighted by Crippen LogP contribution is -2.15. The van der Waals surface area contributed by atoms with Crippen molar-refractivity contribution >= 4 is 26.0 Å². The van der Waals surface area contributed by atoms with Crippen LogP contribution in [0.1, 0.15) is 18.9 Å². The van der Waals surface area contributed by atoms with Gasteiger partial charge in [0.05, 0.1) is 0 Å². The van der Waals surface area contributed by atoms with Crippen LogP contribution < -0.4 is 0 Å². The first-order valence-electron chi connectivity index (χ1n) is 4.80. The Balaban J connectivity index is 2.65. The molecule has 88 valence electrons. The van der Waals surface area contributed by atoms with E-state index in [9.17, 15) is 13.2 Å². The molecule has 16 heavy (non-hydrogen) atoms. The van der Waals surface area contributed by atoms with Crippen LogP contribution in [-0.2, 0) is 0 Å². The van der Waals surface area contributed by atoms with Gasteiger partial charge in [-0.05, 0) is 49.0 Å². The molecular formula is C11H10ClF3S. The summed E-state index contributed by atoms with van der Waals surface area (Å²) >= 11 is 0. The number of hydrogen-bond donors (Lipinski definition) is 0. The standard InChI is InChI=1S/C11H10ClF3S/c1-2-9-7-8-5-3-4-6-10(8)16(9,12)11(13,14)15/h3-7H,2H2,1H3. The average Bonchev–Trinajstić information content (AvgIpc) is 2.53. The maximum atomic E-state index is 13.1. The van der Waals surface area contributed by atoms with E-state index in [0.717, 1.165) is 0 Å². The normalized spacial score (nSPS) is 28.2. The van der Waals surface area contributed by atoms with E-state index in [0.29, 0.717) is 16.9 Å². The second-order valence-corrected chi connectivity index (χ2v) is 7.38. The van der Waals surface area contributed by atoms with Crippen LogP contribution in [0.25, 0.3) is 6.08 Å². The predicted octanol–water partition coefficient (Wildman–Crippen LogP) is 5.29. The average molecular weight is 267 g/mol. The van der Waals surface area contributed by atoms with Crippen LogP contribution >= 0.6 is 19.9 Å². The number of hydrogen-bond acceptors (Lipinski definition) is 0. The van der Waals surface area contributed by atoms with Gasteiger partial charge in [0.25, 0.3) is 0 Å². The highest BCUT2D eigenvalue weighted by Crippen LogP contribution is 2.80. The SMILES string of the molecule is CCC1=Cc2ccccc2S1(Cl)C(F)(F)F. The smallest absolute Gasteiger partial charge is 0.160 e. The zero-order valence-corrected chi connectivity index (χ0v) is 10.1. The molecule has 0 spiro atoms. The lowest BCUT2D eigenvalue weighted by Gasteiger charge is -2.34. The van der Waals surface area contributed by atoms with E-state index in [1.54, 1.807) is 31.2 Å². The quantitative estimate of drug-likeness (QED) is 0.648. The lowest BCUT2D eigenvalue weighted by molar-refractivity contribution is -0.0359. The highest BCUT2D eigenvalue weighted by Gasteiger charge is 2.55. The molecular weight excluding hydrogens is 257 g/mol. The van der Waals surface area contributed by atoms with Crippen LogP contribution in [0.5, 0.6) is 0 Å². The van der Waals surface area contributed by atoms with Crippen molar-refractivity contribution in [3.8, 4) is 0 Å². The maximum Gasteiger partial charge on any atom is 0.445 e. The van der Waals surface area contributed by atoms with Crippen molar-refractivity contribution in [1.82, 2.24) is 0 Å². The molecule has 0 N–H and O–H groups in total. The van der Waals surface area contributed by atoms with Gasteiger partial charge in [0.1, 0.15) is 0 Å². The summed E-state index contributed by atoms with van der Waals surface area (Å²) in [7, 11) is 2.60. The summed E-state index contributed by atoms with van der Waals surface area (Å²) in [4.78, 5) is 0.517. The number of benzene rings is 1. The number of allylic oxidation sites excluding steroid dienone is 1. The Morgan fingerprint density at radius 3 is 2.44 bits per heavy atom. The van der Waals surface area contributed by atoms with E-state index in [4.69, 9.17) is 10.7 Å². The molecule has 1 aromatic carbocycles. The summed E-state index contributed by atoms with van der Waals surface area (Å²) in [6.07, 6.45) is 1.90. The van der Waals surface area contributed by atoms with Gasteiger partial charge in [-0.1, -0.05) is 25.1 Å². The summed E-state index contributed by atoms with van der Waals surface area (Å²) in [5, 5.41) is 0. The van der Waals surface area contributed by atoms with Crippen molar-refractivity contribution in [2.75, 3.05) is 0 Å². The fourth-order valence-electron chi connectivity index (χ4n) is 1.83. The molecule has 1 heterocycles. The summed E-state index contributed by atoms with van der Waals surface area (Å²) in [6.45, 7) is 1.70. The third-order valence-electron chi connectivity index (χ3n) is 2.57. The number of halogens is 4. The zero-order chi connectivity index (χ0) is 12.0. The molecule has 0 radical (unpaired) electrons. The van der Waals surface area contributed by atoms with Gasteiger partial charge >= 0.3 is 5.51 Å². The summed E-state index contributed by atoms with van der Waals surface area (Å²) in [5.74, 6) is 0. The summed E-state index contributed by atoms with van der Waals surface area (Å²) < 4.78 is 39.4. The molecule has 1 aromatic rings. The largest absolute Gasteiger partial charge is 0.445 e. The Bertz CT molecular complexity index is 453. The maximum absolute atomic E-state index is 13.1. The monoisotopic (exact) mass is 266 g/mol. The van der Waals surface area contributed by atoms with Crippen LogP contribution in [0, 0.1) is 0 Å². The molecule has 0 fully saturated rings. The molecule has 0 amide bonds. The van der Waals surface area contributed by atoms with E-state index in [1.807, 2.05) is 0 Å². The Labute approximate surface area is 97.9 Å². The Kier molecular flexibility index (Phi) is 2.75. The van der Waals surface area contributed by atoms with Crippen molar-refractivity contribution in [3.63, 3.8) is 0 Å². The molecule has 1 aliphatic rings. The van der Waals surface area contributed by atoms with Crippen molar-refractivity contribution in [2.24, 2.45) is 0 Å². The first-order valence-corrected chi connectivity index (χ1v) is 7.26.